The first-order valence-electron chi connectivity index (χ1n) is 5.22. The van der Waals surface area contributed by atoms with Crippen LogP contribution in [0.15, 0.2) is 48.6 Å². The maximum Gasteiger partial charge on any atom is 0.0464 e. The van der Waals surface area contributed by atoms with E-state index in [1.807, 2.05) is 19.1 Å². The van der Waals surface area contributed by atoms with Gasteiger partial charge in [-0.25, -0.2) is 5.01 Å². The molecule has 0 aromatic carbocycles. The first-order chi connectivity index (χ1) is 7.08. The molecule has 0 bridgehead atoms. The lowest BCUT2D eigenvalue weighted by molar-refractivity contribution is 0.255. The standard InChI is InChI=1S/C13H22N2/c1-6-9-11(4)13(10-7-2)12(5)15(14)8-3/h6-7,9-10,12H,1-2,8,14H2,3-5H3/b11-9-,13-10+. The SMILES string of the molecule is C=C/C=C(C)\C(=C/C=C)C(C)N(N)CC. The lowest BCUT2D eigenvalue weighted by Crippen LogP contribution is -2.40. The zero-order valence-corrected chi connectivity index (χ0v) is 10.0. The Morgan fingerprint density at radius 2 is 1.87 bits per heavy atom. The molecule has 2 nitrogen and oxygen atoms in total. The van der Waals surface area contributed by atoms with E-state index < -0.39 is 0 Å². The summed E-state index contributed by atoms with van der Waals surface area (Å²) in [6, 6.07) is 0.184. The van der Waals surface area contributed by atoms with Gasteiger partial charge in [-0.3, -0.25) is 5.84 Å². The topological polar surface area (TPSA) is 29.3 Å². The minimum atomic E-state index is 0.184. The van der Waals surface area contributed by atoms with E-state index in [9.17, 15) is 0 Å². The van der Waals surface area contributed by atoms with Crippen LogP contribution in [0.25, 0.3) is 0 Å². The molecule has 0 aromatic heterocycles. The van der Waals surface area contributed by atoms with Crippen LogP contribution in [-0.4, -0.2) is 17.6 Å². The van der Waals surface area contributed by atoms with Gasteiger partial charge in [-0.15, -0.1) is 0 Å². The largest absolute Gasteiger partial charge is 0.268 e. The summed E-state index contributed by atoms with van der Waals surface area (Å²) in [6.45, 7) is 14.4. The van der Waals surface area contributed by atoms with E-state index in [0.29, 0.717) is 0 Å². The van der Waals surface area contributed by atoms with Crippen molar-refractivity contribution >= 4 is 0 Å². The van der Waals surface area contributed by atoms with Crippen LogP contribution in [0, 0.1) is 0 Å². The number of hydrazine groups is 1. The molecule has 0 saturated heterocycles. The molecule has 2 heteroatoms. The van der Waals surface area contributed by atoms with Crippen LogP contribution < -0.4 is 5.84 Å². The van der Waals surface area contributed by atoms with Gasteiger partial charge in [-0.1, -0.05) is 44.4 Å². The summed E-state index contributed by atoms with van der Waals surface area (Å²) in [5, 5.41) is 1.80. The first kappa shape index (κ1) is 13.9. The van der Waals surface area contributed by atoms with Crippen LogP contribution in [0.5, 0.6) is 0 Å². The van der Waals surface area contributed by atoms with Gasteiger partial charge in [0.15, 0.2) is 0 Å². The fourth-order valence-corrected chi connectivity index (χ4v) is 1.45. The third-order valence-corrected chi connectivity index (χ3v) is 2.43. The van der Waals surface area contributed by atoms with E-state index in [1.165, 1.54) is 11.1 Å². The van der Waals surface area contributed by atoms with Gasteiger partial charge >= 0.3 is 0 Å². The molecule has 0 aromatic rings. The highest BCUT2D eigenvalue weighted by atomic mass is 15.4. The number of likely N-dealkylation sites (N-methyl/N-ethyl adjacent to an activating group) is 1. The third kappa shape index (κ3) is 4.28. The zero-order chi connectivity index (χ0) is 11.8. The summed E-state index contributed by atoms with van der Waals surface area (Å²) in [7, 11) is 0. The second-order valence-electron chi connectivity index (χ2n) is 3.45. The lowest BCUT2D eigenvalue weighted by Gasteiger charge is -2.25. The molecular weight excluding hydrogens is 184 g/mol. The Morgan fingerprint density at radius 1 is 1.33 bits per heavy atom. The Balaban J connectivity index is 4.98. The Kier molecular flexibility index (Phi) is 6.67. The van der Waals surface area contributed by atoms with Crippen LogP contribution in [-0.2, 0) is 0 Å². The van der Waals surface area contributed by atoms with Gasteiger partial charge in [0, 0.05) is 12.6 Å². The zero-order valence-electron chi connectivity index (χ0n) is 10.0. The predicted octanol–water partition coefficient (Wildman–Crippen LogP) is 2.82. The monoisotopic (exact) mass is 206 g/mol. The fourth-order valence-electron chi connectivity index (χ4n) is 1.45. The average molecular weight is 206 g/mol. The summed E-state index contributed by atoms with van der Waals surface area (Å²) in [5.74, 6) is 5.89. The molecule has 0 heterocycles. The number of nitrogens with two attached hydrogens (primary N) is 1. The van der Waals surface area contributed by atoms with Gasteiger partial charge in [0.05, 0.1) is 0 Å². The molecule has 1 unspecified atom stereocenters. The Bertz CT molecular complexity index is 274. The van der Waals surface area contributed by atoms with Crippen LogP contribution in [0.1, 0.15) is 20.8 Å². The van der Waals surface area contributed by atoms with Crippen molar-refractivity contribution < 1.29 is 0 Å². The fraction of sp³-hybridized carbons (Fsp3) is 0.385. The van der Waals surface area contributed by atoms with Crippen LogP contribution >= 0.6 is 0 Å². The first-order valence-corrected chi connectivity index (χ1v) is 5.22. The molecule has 0 spiro atoms. The third-order valence-electron chi connectivity index (χ3n) is 2.43. The van der Waals surface area contributed by atoms with E-state index in [2.05, 4.69) is 27.0 Å². The Hall–Kier alpha value is -1.12. The van der Waals surface area contributed by atoms with Gasteiger partial charge in [-0.05, 0) is 25.0 Å². The summed E-state index contributed by atoms with van der Waals surface area (Å²) in [5.41, 5.74) is 2.34. The van der Waals surface area contributed by atoms with Crippen LogP contribution in [0.3, 0.4) is 0 Å². The van der Waals surface area contributed by atoms with Crippen molar-refractivity contribution in [2.24, 2.45) is 5.84 Å². The van der Waals surface area contributed by atoms with Crippen LogP contribution in [0.2, 0.25) is 0 Å². The number of hydrogen-bond acceptors (Lipinski definition) is 2. The highest BCUT2D eigenvalue weighted by molar-refractivity contribution is 5.37. The molecular formula is C13H22N2. The summed E-state index contributed by atoms with van der Waals surface area (Å²) >= 11 is 0. The van der Waals surface area contributed by atoms with Gasteiger partial charge in [0.25, 0.3) is 0 Å². The van der Waals surface area contributed by atoms with Gasteiger partial charge in [0.2, 0.25) is 0 Å². The molecule has 0 aliphatic carbocycles. The molecule has 0 fully saturated rings. The van der Waals surface area contributed by atoms with Crippen molar-refractivity contribution in [2.45, 2.75) is 26.8 Å². The maximum atomic E-state index is 5.89. The second-order valence-corrected chi connectivity index (χ2v) is 3.45. The van der Waals surface area contributed by atoms with Crippen molar-refractivity contribution in [1.29, 1.82) is 0 Å². The van der Waals surface area contributed by atoms with E-state index in [0.717, 1.165) is 6.54 Å². The smallest absolute Gasteiger partial charge is 0.0464 e. The highest BCUT2D eigenvalue weighted by Gasteiger charge is 2.13. The normalized spacial score (nSPS) is 15.3. The van der Waals surface area contributed by atoms with Crippen molar-refractivity contribution in [1.82, 2.24) is 5.01 Å². The van der Waals surface area contributed by atoms with E-state index in [4.69, 9.17) is 5.84 Å². The van der Waals surface area contributed by atoms with Gasteiger partial charge in [0.1, 0.15) is 0 Å². The minimum Gasteiger partial charge on any atom is -0.268 e. The quantitative estimate of drug-likeness (QED) is 0.411. The molecule has 1 atom stereocenters. The molecule has 0 aliphatic heterocycles. The number of rotatable bonds is 6. The molecule has 0 radical (unpaired) electrons. The highest BCUT2D eigenvalue weighted by Crippen LogP contribution is 2.17. The number of nitrogens with zero attached hydrogens (tertiary/aromatic N) is 1. The molecule has 0 rings (SSSR count). The van der Waals surface area contributed by atoms with Crippen LogP contribution in [0.4, 0.5) is 0 Å². The van der Waals surface area contributed by atoms with Crippen molar-refractivity contribution in [3.63, 3.8) is 0 Å². The Labute approximate surface area is 93.4 Å². The molecule has 0 saturated carbocycles. The number of hydrogen-bond donors (Lipinski definition) is 1. The molecule has 15 heavy (non-hydrogen) atoms. The molecule has 0 amide bonds. The van der Waals surface area contributed by atoms with E-state index in [1.54, 1.807) is 17.2 Å². The van der Waals surface area contributed by atoms with E-state index >= 15 is 0 Å². The summed E-state index contributed by atoms with van der Waals surface area (Å²) in [6.07, 6.45) is 7.55. The molecule has 0 aliphatic rings. The molecule has 84 valence electrons. The van der Waals surface area contributed by atoms with E-state index in [-0.39, 0.29) is 6.04 Å². The van der Waals surface area contributed by atoms with Crippen molar-refractivity contribution in [3.8, 4) is 0 Å². The second kappa shape index (κ2) is 7.21. The average Bonchev–Trinajstić information content (AvgIpc) is 2.24. The van der Waals surface area contributed by atoms with Crippen molar-refractivity contribution in [3.05, 3.63) is 48.6 Å². The van der Waals surface area contributed by atoms with Crippen molar-refractivity contribution in [2.75, 3.05) is 6.54 Å². The lowest BCUT2D eigenvalue weighted by atomic mass is 9.99. The molecule has 2 N–H and O–H groups in total. The minimum absolute atomic E-state index is 0.184. The Morgan fingerprint density at radius 3 is 2.27 bits per heavy atom. The summed E-state index contributed by atoms with van der Waals surface area (Å²) in [4.78, 5) is 0. The predicted molar refractivity (Wildman–Crippen MR) is 68.3 cm³/mol. The maximum absolute atomic E-state index is 5.89. The van der Waals surface area contributed by atoms with Gasteiger partial charge < -0.3 is 0 Å². The van der Waals surface area contributed by atoms with Gasteiger partial charge in [-0.2, -0.15) is 0 Å². The summed E-state index contributed by atoms with van der Waals surface area (Å²) < 4.78 is 0. The number of allylic oxidation sites excluding steroid dienone is 4.